The second-order valence-corrected chi connectivity index (χ2v) is 7.43. The number of piperazine rings is 1. The molecule has 0 aliphatic carbocycles. The van der Waals surface area contributed by atoms with Gasteiger partial charge < -0.3 is 14.3 Å². The van der Waals surface area contributed by atoms with Gasteiger partial charge in [-0.1, -0.05) is 47.6 Å². The molecule has 1 aliphatic heterocycles. The number of fused-ring (bicyclic) bond motifs is 1. The Balaban J connectivity index is 1.37. The van der Waals surface area contributed by atoms with Crippen LogP contribution in [-0.2, 0) is 17.8 Å². The number of nitrogens with one attached hydrogen (secondary N) is 1. The number of benzene rings is 2. The number of rotatable bonds is 4. The topological polar surface area (TPSA) is 50.8 Å². The summed E-state index contributed by atoms with van der Waals surface area (Å²) < 4.78 is 5.18. The lowest BCUT2D eigenvalue weighted by molar-refractivity contribution is -0.917. The van der Waals surface area contributed by atoms with Crippen LogP contribution >= 0.6 is 0 Å². The van der Waals surface area contributed by atoms with E-state index in [9.17, 15) is 4.79 Å². The maximum atomic E-state index is 12.7. The van der Waals surface area contributed by atoms with Gasteiger partial charge in [-0.15, -0.1) is 0 Å². The summed E-state index contributed by atoms with van der Waals surface area (Å²) in [4.78, 5) is 16.2. The van der Waals surface area contributed by atoms with Crippen LogP contribution in [0.25, 0.3) is 10.8 Å². The number of carbonyl (C=O) groups excluding carboxylic acids is 1. The van der Waals surface area contributed by atoms with Gasteiger partial charge in [-0.05, 0) is 24.6 Å². The van der Waals surface area contributed by atoms with Gasteiger partial charge in [-0.2, -0.15) is 0 Å². The zero-order valence-electron chi connectivity index (χ0n) is 16.0. The molecule has 1 saturated heterocycles. The smallest absolute Gasteiger partial charge is 0.227 e. The Labute approximate surface area is 159 Å². The SMILES string of the molecule is Cc1noc(C)c1CC(=O)N1CC[NH+](Cc2cccc3ccccc23)CC1. The van der Waals surface area contributed by atoms with E-state index in [2.05, 4.69) is 47.6 Å². The van der Waals surface area contributed by atoms with Gasteiger partial charge in [-0.25, -0.2) is 0 Å². The zero-order valence-corrected chi connectivity index (χ0v) is 16.0. The van der Waals surface area contributed by atoms with Crippen molar-refractivity contribution in [2.75, 3.05) is 26.2 Å². The van der Waals surface area contributed by atoms with E-state index in [-0.39, 0.29) is 5.91 Å². The van der Waals surface area contributed by atoms with Crippen LogP contribution in [0.5, 0.6) is 0 Å². The quantitative estimate of drug-likeness (QED) is 0.769. The van der Waals surface area contributed by atoms with E-state index in [1.807, 2.05) is 18.7 Å². The molecule has 0 spiro atoms. The molecule has 2 heterocycles. The Morgan fingerprint density at radius 2 is 1.85 bits per heavy atom. The molecule has 1 aromatic heterocycles. The number of hydrogen-bond acceptors (Lipinski definition) is 3. The summed E-state index contributed by atoms with van der Waals surface area (Å²) in [6.45, 7) is 8.35. The third kappa shape index (κ3) is 3.74. The van der Waals surface area contributed by atoms with Crippen LogP contribution in [0, 0.1) is 13.8 Å². The summed E-state index contributed by atoms with van der Waals surface area (Å²) in [7, 11) is 0. The van der Waals surface area contributed by atoms with Crippen molar-refractivity contribution in [3.63, 3.8) is 0 Å². The maximum absolute atomic E-state index is 12.7. The van der Waals surface area contributed by atoms with Crippen molar-refractivity contribution in [3.05, 3.63) is 65.0 Å². The van der Waals surface area contributed by atoms with Gasteiger partial charge >= 0.3 is 0 Å². The molecule has 2 aromatic carbocycles. The van der Waals surface area contributed by atoms with Crippen molar-refractivity contribution in [1.29, 1.82) is 0 Å². The van der Waals surface area contributed by atoms with E-state index in [1.54, 1.807) is 0 Å². The maximum Gasteiger partial charge on any atom is 0.227 e. The Morgan fingerprint density at radius 3 is 2.59 bits per heavy atom. The van der Waals surface area contributed by atoms with E-state index in [0.717, 1.165) is 49.7 Å². The minimum Gasteiger partial charge on any atom is -0.361 e. The summed E-state index contributed by atoms with van der Waals surface area (Å²) in [5, 5.41) is 6.58. The highest BCUT2D eigenvalue weighted by Gasteiger charge is 2.25. The summed E-state index contributed by atoms with van der Waals surface area (Å²) in [5.41, 5.74) is 3.14. The standard InChI is InChI=1S/C22H25N3O2/c1-16-21(17(2)27-23-16)14-22(26)25-12-10-24(11-13-25)15-19-8-5-7-18-6-3-4-9-20(18)19/h3-9H,10-15H2,1-2H3/p+1. The molecule has 1 amide bonds. The van der Waals surface area contributed by atoms with Crippen molar-refractivity contribution in [3.8, 4) is 0 Å². The fraction of sp³-hybridized carbons (Fsp3) is 0.364. The van der Waals surface area contributed by atoms with Crippen molar-refractivity contribution >= 4 is 16.7 Å². The average Bonchev–Trinajstić information content (AvgIpc) is 3.01. The van der Waals surface area contributed by atoms with E-state index in [4.69, 9.17) is 4.52 Å². The van der Waals surface area contributed by atoms with Gasteiger partial charge in [-0.3, -0.25) is 4.79 Å². The summed E-state index contributed by atoms with van der Waals surface area (Å²) in [6.07, 6.45) is 0.389. The Morgan fingerprint density at radius 1 is 1.11 bits per heavy atom. The molecular formula is C22H26N3O2+. The largest absolute Gasteiger partial charge is 0.361 e. The molecule has 140 valence electrons. The molecule has 1 fully saturated rings. The van der Waals surface area contributed by atoms with Gasteiger partial charge in [0.2, 0.25) is 5.91 Å². The van der Waals surface area contributed by atoms with Crippen LogP contribution in [0.2, 0.25) is 0 Å². The summed E-state index contributed by atoms with van der Waals surface area (Å²) >= 11 is 0. The molecule has 0 unspecified atom stereocenters. The molecule has 5 nitrogen and oxygen atoms in total. The van der Waals surface area contributed by atoms with Crippen LogP contribution in [0.15, 0.2) is 47.0 Å². The first-order chi connectivity index (χ1) is 13.1. The van der Waals surface area contributed by atoms with Crippen LogP contribution in [0.3, 0.4) is 0 Å². The first-order valence-electron chi connectivity index (χ1n) is 9.61. The van der Waals surface area contributed by atoms with Gasteiger partial charge in [0.25, 0.3) is 0 Å². The van der Waals surface area contributed by atoms with E-state index < -0.39 is 0 Å². The van der Waals surface area contributed by atoms with Crippen LogP contribution in [-0.4, -0.2) is 42.1 Å². The molecule has 5 heteroatoms. The fourth-order valence-electron chi connectivity index (χ4n) is 3.98. The van der Waals surface area contributed by atoms with Crippen molar-refractivity contribution in [2.24, 2.45) is 0 Å². The van der Waals surface area contributed by atoms with E-state index in [0.29, 0.717) is 6.42 Å². The molecule has 3 aromatic rings. The molecule has 1 aliphatic rings. The number of nitrogens with zero attached hydrogens (tertiary/aromatic N) is 2. The van der Waals surface area contributed by atoms with Crippen molar-refractivity contribution in [2.45, 2.75) is 26.8 Å². The van der Waals surface area contributed by atoms with Gasteiger partial charge in [0.15, 0.2) is 0 Å². The molecular weight excluding hydrogens is 338 g/mol. The summed E-state index contributed by atoms with van der Waals surface area (Å²) in [5.74, 6) is 0.926. The highest BCUT2D eigenvalue weighted by atomic mass is 16.5. The first kappa shape index (κ1) is 17.7. The van der Waals surface area contributed by atoms with Crippen molar-refractivity contribution < 1.29 is 14.2 Å². The predicted molar refractivity (Wildman–Crippen MR) is 105 cm³/mol. The second-order valence-electron chi connectivity index (χ2n) is 7.43. The molecule has 0 radical (unpaired) electrons. The van der Waals surface area contributed by atoms with E-state index >= 15 is 0 Å². The minimum absolute atomic E-state index is 0.175. The zero-order chi connectivity index (χ0) is 18.8. The van der Waals surface area contributed by atoms with Gasteiger partial charge in [0.1, 0.15) is 12.3 Å². The number of amides is 1. The first-order valence-corrected chi connectivity index (χ1v) is 9.61. The third-order valence-electron chi connectivity index (χ3n) is 5.65. The number of quaternary nitrogens is 1. The minimum atomic E-state index is 0.175. The van der Waals surface area contributed by atoms with Gasteiger partial charge in [0.05, 0.1) is 38.3 Å². The predicted octanol–water partition coefficient (Wildman–Crippen LogP) is 1.91. The number of aryl methyl sites for hydroxylation is 2. The van der Waals surface area contributed by atoms with Crippen LogP contribution in [0.4, 0.5) is 0 Å². The lowest BCUT2D eigenvalue weighted by Gasteiger charge is -2.32. The van der Waals surface area contributed by atoms with Crippen LogP contribution < -0.4 is 4.90 Å². The number of carbonyl (C=O) groups is 1. The molecule has 4 rings (SSSR count). The lowest BCUT2D eigenvalue weighted by Crippen LogP contribution is -3.13. The summed E-state index contributed by atoms with van der Waals surface area (Å²) in [6, 6.07) is 15.1. The Bertz CT molecular complexity index is 930. The second kappa shape index (κ2) is 7.53. The Hall–Kier alpha value is -2.66. The molecule has 0 bridgehead atoms. The lowest BCUT2D eigenvalue weighted by atomic mass is 10.0. The van der Waals surface area contributed by atoms with Crippen molar-refractivity contribution in [1.82, 2.24) is 10.1 Å². The fourth-order valence-corrected chi connectivity index (χ4v) is 3.98. The van der Waals surface area contributed by atoms with Crippen LogP contribution in [0.1, 0.15) is 22.6 Å². The highest BCUT2D eigenvalue weighted by molar-refractivity contribution is 5.85. The normalized spacial score (nSPS) is 15.4. The third-order valence-corrected chi connectivity index (χ3v) is 5.65. The highest BCUT2D eigenvalue weighted by Crippen LogP contribution is 2.18. The number of aromatic nitrogens is 1. The van der Waals surface area contributed by atoms with Gasteiger partial charge in [0, 0.05) is 11.1 Å². The molecule has 0 saturated carbocycles. The average molecular weight is 364 g/mol. The number of hydrogen-bond donors (Lipinski definition) is 1. The monoisotopic (exact) mass is 364 g/mol. The molecule has 1 N–H and O–H groups in total. The van der Waals surface area contributed by atoms with E-state index in [1.165, 1.54) is 21.2 Å². The Kier molecular flexibility index (Phi) is 4.94. The molecule has 0 atom stereocenters. The molecule has 27 heavy (non-hydrogen) atoms.